The number of nitrogen functional groups attached to an aromatic ring is 1. The fourth-order valence-electron chi connectivity index (χ4n) is 2.21. The second-order valence-corrected chi connectivity index (χ2v) is 8.18. The van der Waals surface area contributed by atoms with Gasteiger partial charge in [-0.3, -0.25) is 4.57 Å². The maximum Gasteiger partial charge on any atom is 0.367 e. The zero-order valence-corrected chi connectivity index (χ0v) is 16.0. The molecule has 0 spiro atoms. The predicted octanol–water partition coefficient (Wildman–Crippen LogP) is 4.33. The Hall–Kier alpha value is -0.790. The molecule has 0 aliphatic heterocycles. The first-order valence-corrected chi connectivity index (χ1v) is 10.3. The summed E-state index contributed by atoms with van der Waals surface area (Å²) in [6.45, 7) is 6.13. The first kappa shape index (κ1) is 18.5. The molecule has 2 rings (SSSR count). The summed E-state index contributed by atoms with van der Waals surface area (Å²) in [5.74, 6) is 0.481. The highest BCUT2D eigenvalue weighted by molar-refractivity contribution is 7.80. The second kappa shape index (κ2) is 7.85. The number of rotatable bonds is 8. The number of thiol groups is 1. The molecule has 1 aromatic carbocycles. The maximum atomic E-state index is 12.5. The lowest BCUT2D eigenvalue weighted by Crippen LogP contribution is -2.06. The van der Waals surface area contributed by atoms with E-state index in [1.165, 1.54) is 11.3 Å². The highest BCUT2D eigenvalue weighted by atomic mass is 32.1. The molecule has 2 N–H and O–H groups in total. The van der Waals surface area contributed by atoms with Crippen LogP contribution in [0, 0.1) is 0 Å². The summed E-state index contributed by atoms with van der Waals surface area (Å²) in [4.78, 5) is 5.11. The quantitative estimate of drug-likeness (QED) is 0.527. The molecule has 23 heavy (non-hydrogen) atoms. The van der Waals surface area contributed by atoms with Crippen molar-refractivity contribution in [3.8, 4) is 5.75 Å². The number of thiazole rings is 1. The fourth-order valence-corrected chi connectivity index (χ4v) is 4.95. The first-order chi connectivity index (χ1) is 10.9. The number of fused-ring (bicyclic) bond motifs is 1. The Morgan fingerprint density at radius 1 is 1.30 bits per heavy atom. The van der Waals surface area contributed by atoms with E-state index in [9.17, 15) is 4.57 Å². The number of hydrogen-bond acceptors (Lipinski definition) is 8. The van der Waals surface area contributed by atoms with Crippen molar-refractivity contribution in [2.24, 2.45) is 0 Å². The summed E-state index contributed by atoms with van der Waals surface area (Å²) in [6, 6.07) is 1.77. The van der Waals surface area contributed by atoms with Gasteiger partial charge in [0.2, 0.25) is 0 Å². The minimum absolute atomic E-state index is 0.181. The van der Waals surface area contributed by atoms with Gasteiger partial charge in [-0.1, -0.05) is 18.3 Å². The molecule has 2 aromatic rings. The van der Waals surface area contributed by atoms with Gasteiger partial charge in [-0.15, -0.1) is 12.6 Å². The Morgan fingerprint density at radius 3 is 2.52 bits per heavy atom. The van der Waals surface area contributed by atoms with Gasteiger partial charge in [0, 0.05) is 4.90 Å². The Balaban J connectivity index is 2.35. The van der Waals surface area contributed by atoms with Crippen molar-refractivity contribution >= 4 is 46.9 Å². The number of nitrogens with zero attached hydrogens (tertiary/aromatic N) is 1. The molecule has 0 atom stereocenters. The zero-order chi connectivity index (χ0) is 17.0. The standard InChI is InChI=1S/C14H21N2O4PS2/c1-4-9-11(22)7-10(12-13(9)23-14(15)16-12)18-8-21(17,19-5-2)20-6-3/h7,22H,4-6,8H2,1-3H3,(H2,15,16). The number of aryl methyl sites for hydroxylation is 1. The van der Waals surface area contributed by atoms with Crippen LogP contribution < -0.4 is 10.5 Å². The lowest BCUT2D eigenvalue weighted by atomic mass is 10.1. The van der Waals surface area contributed by atoms with Crippen molar-refractivity contribution in [3.63, 3.8) is 0 Å². The molecule has 0 unspecified atom stereocenters. The highest BCUT2D eigenvalue weighted by Gasteiger charge is 2.26. The Bertz CT molecular complexity index is 725. The van der Waals surface area contributed by atoms with E-state index in [0.717, 1.165) is 21.6 Å². The molecule has 9 heteroatoms. The Kier molecular flexibility index (Phi) is 6.33. The van der Waals surface area contributed by atoms with Crippen molar-refractivity contribution in [2.45, 2.75) is 32.1 Å². The summed E-state index contributed by atoms with van der Waals surface area (Å²) in [5.41, 5.74) is 7.56. The third-order valence-corrected chi connectivity index (χ3v) is 6.20. The van der Waals surface area contributed by atoms with Crippen LogP contribution in [0.25, 0.3) is 10.2 Å². The monoisotopic (exact) mass is 376 g/mol. The number of ether oxygens (including phenoxy) is 1. The number of anilines is 1. The van der Waals surface area contributed by atoms with Crippen molar-refractivity contribution in [3.05, 3.63) is 11.6 Å². The Labute approximate surface area is 145 Å². The van der Waals surface area contributed by atoms with E-state index < -0.39 is 7.60 Å². The van der Waals surface area contributed by atoms with Crippen LogP contribution in [-0.4, -0.2) is 24.5 Å². The van der Waals surface area contributed by atoms with E-state index in [-0.39, 0.29) is 19.6 Å². The molecule has 0 aliphatic carbocycles. The topological polar surface area (TPSA) is 83.7 Å². The number of hydrogen-bond donors (Lipinski definition) is 2. The van der Waals surface area contributed by atoms with Gasteiger partial charge in [0.25, 0.3) is 0 Å². The van der Waals surface area contributed by atoms with Gasteiger partial charge in [-0.05, 0) is 31.9 Å². The van der Waals surface area contributed by atoms with Crippen LogP contribution in [0.15, 0.2) is 11.0 Å². The van der Waals surface area contributed by atoms with Crippen LogP contribution in [0.5, 0.6) is 5.75 Å². The molecule has 0 bridgehead atoms. The maximum absolute atomic E-state index is 12.5. The number of nitrogens with two attached hydrogens (primary N) is 1. The van der Waals surface area contributed by atoms with Crippen molar-refractivity contribution in [2.75, 3.05) is 25.3 Å². The van der Waals surface area contributed by atoms with Crippen LogP contribution in [0.2, 0.25) is 0 Å². The van der Waals surface area contributed by atoms with Gasteiger partial charge < -0.3 is 19.5 Å². The molecule has 0 fully saturated rings. The first-order valence-electron chi connectivity index (χ1n) is 7.35. The van der Waals surface area contributed by atoms with Gasteiger partial charge in [-0.2, -0.15) is 0 Å². The summed E-state index contributed by atoms with van der Waals surface area (Å²) in [5, 5.41) is 0.455. The molecule has 0 saturated carbocycles. The zero-order valence-electron chi connectivity index (χ0n) is 13.4. The van der Waals surface area contributed by atoms with Crippen molar-refractivity contribution in [1.82, 2.24) is 4.98 Å². The summed E-state index contributed by atoms with van der Waals surface area (Å²) < 4.78 is 29.6. The molecule has 128 valence electrons. The van der Waals surface area contributed by atoms with Gasteiger partial charge in [-0.25, -0.2) is 4.98 Å². The minimum Gasteiger partial charge on any atom is -0.479 e. The lowest BCUT2D eigenvalue weighted by Gasteiger charge is -2.18. The average Bonchev–Trinajstić information content (AvgIpc) is 2.87. The van der Waals surface area contributed by atoms with Crippen LogP contribution in [0.1, 0.15) is 26.3 Å². The lowest BCUT2D eigenvalue weighted by molar-refractivity contribution is 0.197. The fraction of sp³-hybridized carbons (Fsp3) is 0.500. The molecule has 6 nitrogen and oxygen atoms in total. The van der Waals surface area contributed by atoms with Gasteiger partial charge >= 0.3 is 7.60 Å². The average molecular weight is 376 g/mol. The SMILES string of the molecule is CCOP(=O)(COc1cc(S)c(CC)c2sc(N)nc12)OCC. The van der Waals surface area contributed by atoms with Crippen LogP contribution in [-0.2, 0) is 20.0 Å². The second-order valence-electron chi connectivity index (χ2n) is 4.68. The van der Waals surface area contributed by atoms with E-state index in [0.29, 0.717) is 16.4 Å². The third-order valence-electron chi connectivity index (χ3n) is 3.11. The van der Waals surface area contributed by atoms with Crippen molar-refractivity contribution in [1.29, 1.82) is 0 Å². The summed E-state index contributed by atoms with van der Waals surface area (Å²) >= 11 is 5.90. The van der Waals surface area contributed by atoms with Gasteiger partial charge in [0.05, 0.1) is 17.9 Å². The smallest absolute Gasteiger partial charge is 0.367 e. The van der Waals surface area contributed by atoms with Crippen LogP contribution >= 0.6 is 31.6 Å². The molecule has 1 heterocycles. The van der Waals surface area contributed by atoms with E-state index >= 15 is 0 Å². The normalized spacial score (nSPS) is 12.0. The highest BCUT2D eigenvalue weighted by Crippen LogP contribution is 2.48. The molecular formula is C14H21N2O4PS2. The molecule has 0 aliphatic rings. The molecular weight excluding hydrogens is 355 g/mol. The minimum atomic E-state index is -3.29. The largest absolute Gasteiger partial charge is 0.479 e. The number of benzene rings is 1. The Morgan fingerprint density at radius 2 is 1.96 bits per heavy atom. The van der Waals surface area contributed by atoms with E-state index in [1.54, 1.807) is 19.9 Å². The predicted molar refractivity (Wildman–Crippen MR) is 97.0 cm³/mol. The van der Waals surface area contributed by atoms with Gasteiger partial charge in [0.15, 0.2) is 11.5 Å². The van der Waals surface area contributed by atoms with E-state index in [2.05, 4.69) is 17.6 Å². The van der Waals surface area contributed by atoms with Crippen molar-refractivity contribution < 1.29 is 18.3 Å². The summed E-state index contributed by atoms with van der Waals surface area (Å²) in [6.07, 6.45) is 0.632. The molecule has 0 amide bonds. The van der Waals surface area contributed by atoms with E-state index in [4.69, 9.17) is 19.5 Å². The molecule has 1 aromatic heterocycles. The van der Waals surface area contributed by atoms with Crippen LogP contribution in [0.3, 0.4) is 0 Å². The molecule has 0 radical (unpaired) electrons. The van der Waals surface area contributed by atoms with Gasteiger partial charge in [0.1, 0.15) is 11.3 Å². The number of aromatic nitrogens is 1. The molecule has 0 saturated heterocycles. The van der Waals surface area contributed by atoms with E-state index in [1.807, 2.05) is 6.92 Å². The third kappa shape index (κ3) is 4.19. The summed E-state index contributed by atoms with van der Waals surface area (Å²) in [7, 11) is -3.29. The van der Waals surface area contributed by atoms with Crippen LogP contribution in [0.4, 0.5) is 5.13 Å².